The molecule has 0 radical (unpaired) electrons. The van der Waals surface area contributed by atoms with Crippen LogP contribution in [0.4, 0.5) is 5.13 Å². The molecule has 0 spiro atoms. The first kappa shape index (κ1) is 46.8. The topological polar surface area (TPSA) is 183 Å². The van der Waals surface area contributed by atoms with Crippen LogP contribution in [-0.4, -0.2) is 83.0 Å². The van der Waals surface area contributed by atoms with Crippen LogP contribution in [0.25, 0.3) is 0 Å². The molecule has 4 N–H and O–H groups in total. The first-order chi connectivity index (χ1) is 34.6. The zero-order valence-electron chi connectivity index (χ0n) is 38.4. The number of oxime groups is 1. The molecule has 358 valence electrons. The number of carbonyl (C=O) groups excluding carboxylic acids is 3. The largest absolute Gasteiger partial charge is 0.504 e. The molecular weight excluding hydrogens is 937 g/mol. The van der Waals surface area contributed by atoms with Crippen LogP contribution in [0.3, 0.4) is 0 Å². The third kappa shape index (κ3) is 9.20. The fraction of sp³-hybridized carbons (Fsp3) is 0.182. The van der Waals surface area contributed by atoms with Crippen LogP contribution in [0, 0.1) is 0 Å². The SMILES string of the molecule is CCO/N=C(\C(=O)NC1C(=O)N2C(C(=O)OC(c3ccccc3)c3ccccc3)=C(CN3Cc4cc(O)c(O)cc4C3)CS(=O)[C@H]12)c1csc(NC(c2ccccc2)(c2ccccc2)c2ccccc2)n1. The predicted molar refractivity (Wildman–Crippen MR) is 270 cm³/mol. The fourth-order valence-corrected chi connectivity index (χ4v) is 11.9. The van der Waals surface area contributed by atoms with E-state index in [1.54, 1.807) is 12.3 Å². The highest BCUT2D eigenvalue weighted by Crippen LogP contribution is 2.42. The smallest absolute Gasteiger partial charge is 0.356 e. The lowest BCUT2D eigenvalue weighted by molar-refractivity contribution is -0.154. The number of carbonyl (C=O) groups is 3. The second-order valence-corrected chi connectivity index (χ2v) is 19.6. The number of fused-ring (bicyclic) bond motifs is 2. The Labute approximate surface area is 416 Å². The van der Waals surface area contributed by atoms with Gasteiger partial charge in [-0.3, -0.25) is 23.6 Å². The molecule has 0 aliphatic carbocycles. The van der Waals surface area contributed by atoms with Crippen LogP contribution in [-0.2, 0) is 53.4 Å². The number of phenolic OH excluding ortho intramolecular Hbond substituents is 2. The summed E-state index contributed by atoms with van der Waals surface area (Å²) in [6.07, 6.45) is -0.855. The van der Waals surface area contributed by atoms with Crippen LogP contribution < -0.4 is 10.6 Å². The molecule has 4 heterocycles. The first-order valence-electron chi connectivity index (χ1n) is 23.0. The average molecular weight is 985 g/mol. The number of thiazole rings is 1. The predicted octanol–water partition coefficient (Wildman–Crippen LogP) is 7.72. The molecule has 0 bridgehead atoms. The van der Waals surface area contributed by atoms with Crippen LogP contribution in [0.2, 0.25) is 0 Å². The summed E-state index contributed by atoms with van der Waals surface area (Å²) in [5.74, 6) is -2.86. The number of nitrogens with one attached hydrogen (secondary N) is 2. The number of benzene rings is 6. The van der Waals surface area contributed by atoms with E-state index in [0.29, 0.717) is 34.9 Å². The zero-order chi connectivity index (χ0) is 49.1. The molecule has 2 amide bonds. The number of nitrogens with zero attached hydrogens (tertiary/aromatic N) is 4. The van der Waals surface area contributed by atoms with Gasteiger partial charge in [0.1, 0.15) is 35.0 Å². The Morgan fingerprint density at radius 2 is 1.31 bits per heavy atom. The van der Waals surface area contributed by atoms with Crippen molar-refractivity contribution in [1.29, 1.82) is 0 Å². The minimum absolute atomic E-state index is 0.0548. The van der Waals surface area contributed by atoms with Crippen molar-refractivity contribution in [3.8, 4) is 11.5 Å². The van der Waals surface area contributed by atoms with Crippen LogP contribution in [0.5, 0.6) is 11.5 Å². The van der Waals surface area contributed by atoms with Gasteiger partial charge in [-0.15, -0.1) is 11.3 Å². The molecule has 1 fully saturated rings. The van der Waals surface area contributed by atoms with Crippen molar-refractivity contribution in [2.75, 3.05) is 24.2 Å². The maximum Gasteiger partial charge on any atom is 0.356 e. The van der Waals surface area contributed by atoms with E-state index in [4.69, 9.17) is 14.6 Å². The van der Waals surface area contributed by atoms with Crippen LogP contribution in [0.15, 0.2) is 186 Å². The van der Waals surface area contributed by atoms with Gasteiger partial charge in [-0.1, -0.05) is 157 Å². The number of hydrogen-bond acceptors (Lipinski definition) is 13. The molecule has 2 unspecified atom stereocenters. The van der Waals surface area contributed by atoms with Crippen molar-refractivity contribution in [3.63, 3.8) is 0 Å². The van der Waals surface area contributed by atoms with Crippen LogP contribution in [0.1, 0.15) is 57.7 Å². The van der Waals surface area contributed by atoms with E-state index >= 15 is 0 Å². The molecule has 1 saturated heterocycles. The molecule has 3 atom stereocenters. The molecule has 6 aromatic carbocycles. The van der Waals surface area contributed by atoms with Crippen molar-refractivity contribution in [2.45, 2.75) is 43.1 Å². The molecule has 16 heteroatoms. The summed E-state index contributed by atoms with van der Waals surface area (Å²) < 4.78 is 20.8. The molecule has 3 aliphatic rings. The molecule has 7 aromatic rings. The first-order valence-corrected chi connectivity index (χ1v) is 25.3. The third-order valence-corrected chi connectivity index (χ3v) is 15.2. The average Bonchev–Trinajstić information content (AvgIpc) is 4.03. The second-order valence-electron chi connectivity index (χ2n) is 17.3. The van der Waals surface area contributed by atoms with Gasteiger partial charge in [-0.25, -0.2) is 9.78 Å². The molecule has 1 aromatic heterocycles. The molecular formula is C55H48N6O8S2. The quantitative estimate of drug-likeness (QED) is 0.0186. The number of β-lactam (4-membered cyclic amide) rings is 1. The summed E-state index contributed by atoms with van der Waals surface area (Å²) in [5.41, 5.74) is 5.22. The van der Waals surface area contributed by atoms with Crippen molar-refractivity contribution in [3.05, 3.63) is 225 Å². The van der Waals surface area contributed by atoms with Gasteiger partial charge in [0.25, 0.3) is 11.8 Å². The van der Waals surface area contributed by atoms with Gasteiger partial charge >= 0.3 is 5.97 Å². The van der Waals surface area contributed by atoms with E-state index in [9.17, 15) is 28.8 Å². The maximum atomic E-state index is 14.8. The van der Waals surface area contributed by atoms with E-state index < -0.39 is 51.6 Å². The Morgan fingerprint density at radius 1 is 0.803 bits per heavy atom. The molecule has 3 aliphatic heterocycles. The lowest BCUT2D eigenvalue weighted by Gasteiger charge is -2.49. The van der Waals surface area contributed by atoms with E-state index in [-0.39, 0.29) is 47.5 Å². The highest BCUT2D eigenvalue weighted by molar-refractivity contribution is 7.86. The van der Waals surface area contributed by atoms with E-state index in [2.05, 4.69) is 15.8 Å². The zero-order valence-corrected chi connectivity index (χ0v) is 40.0. The summed E-state index contributed by atoms with van der Waals surface area (Å²) in [6.45, 7) is 2.68. The number of ether oxygens (including phenoxy) is 1. The number of anilines is 1. The Morgan fingerprint density at radius 3 is 1.82 bits per heavy atom. The Hall–Kier alpha value is -7.92. The minimum atomic E-state index is -1.81. The maximum absolute atomic E-state index is 14.8. The van der Waals surface area contributed by atoms with Gasteiger partial charge in [0, 0.05) is 25.0 Å². The Bertz CT molecular complexity index is 3010. The second kappa shape index (κ2) is 20.2. The standard InChI is InChI=1S/C55H48N6O8S2/c1-2-68-59-46(43-33-70-54(56-43)58-55(40-22-12-5-13-23-40,41-24-14-6-15-25-41)42-26-16-7-17-27-42)50(64)57-47-51(65)61-48(53(66)69-49(35-18-8-3-9-19-35)36-20-10-4-11-21-36)39(34-71(67)52(47)61)32-60-30-37-28-44(62)45(63)29-38(37)31-60/h3-29,33,47,49,52,62-63H,2,30-32,34H2,1H3,(H,56,58)(H,57,64)/b59-46-/t47?,52-,71?/m1/s1. The molecule has 10 rings (SSSR count). The number of rotatable bonds is 16. The lowest BCUT2D eigenvalue weighted by atomic mass is 9.77. The van der Waals surface area contributed by atoms with E-state index in [1.165, 1.54) is 28.4 Å². The van der Waals surface area contributed by atoms with E-state index in [0.717, 1.165) is 27.8 Å². The number of aromatic hydroxyl groups is 2. The van der Waals surface area contributed by atoms with Crippen molar-refractivity contribution < 1.29 is 38.4 Å². The van der Waals surface area contributed by atoms with Crippen molar-refractivity contribution in [2.24, 2.45) is 5.16 Å². The fourth-order valence-electron chi connectivity index (χ4n) is 9.51. The van der Waals surface area contributed by atoms with Gasteiger partial charge in [-0.05, 0) is 63.6 Å². The third-order valence-electron chi connectivity index (χ3n) is 12.8. The number of aromatic nitrogens is 1. The summed E-state index contributed by atoms with van der Waals surface area (Å²) in [7, 11) is -1.81. The van der Waals surface area contributed by atoms with Gasteiger partial charge in [-0.2, -0.15) is 0 Å². The highest BCUT2D eigenvalue weighted by atomic mass is 32.2. The van der Waals surface area contributed by atoms with Crippen molar-refractivity contribution >= 4 is 50.8 Å². The number of esters is 1. The van der Waals surface area contributed by atoms with E-state index in [1.807, 2.05) is 157 Å². The Balaban J connectivity index is 0.949. The molecule has 0 saturated carbocycles. The van der Waals surface area contributed by atoms with Crippen molar-refractivity contribution in [1.82, 2.24) is 20.1 Å². The summed E-state index contributed by atoms with van der Waals surface area (Å²) in [4.78, 5) is 57.4. The monoisotopic (exact) mass is 984 g/mol. The van der Waals surface area contributed by atoms with Gasteiger partial charge in [0.05, 0.1) is 16.6 Å². The summed E-state index contributed by atoms with van der Waals surface area (Å²) in [5, 5.41) is 32.2. The lowest BCUT2D eigenvalue weighted by Crippen LogP contribution is -2.74. The summed E-state index contributed by atoms with van der Waals surface area (Å²) in [6, 6.07) is 50.2. The van der Waals surface area contributed by atoms with Gasteiger partial charge in [0.2, 0.25) is 0 Å². The minimum Gasteiger partial charge on any atom is -0.504 e. The number of hydrogen-bond donors (Lipinski definition) is 4. The normalized spacial score (nSPS) is 17.8. The Kier molecular flexibility index (Phi) is 13.3. The highest BCUT2D eigenvalue weighted by Gasteiger charge is 2.58. The van der Waals surface area contributed by atoms with Crippen LogP contribution >= 0.6 is 11.3 Å². The number of phenols is 2. The molecule has 71 heavy (non-hydrogen) atoms. The summed E-state index contributed by atoms with van der Waals surface area (Å²) >= 11 is 1.26. The molecule has 14 nitrogen and oxygen atoms in total. The number of amides is 2. The van der Waals surface area contributed by atoms with Gasteiger partial charge in [0.15, 0.2) is 28.4 Å². The van der Waals surface area contributed by atoms with Gasteiger partial charge < -0.3 is 30.4 Å².